The van der Waals surface area contributed by atoms with Gasteiger partial charge in [0.25, 0.3) is 5.91 Å². The van der Waals surface area contributed by atoms with Crippen LogP contribution in [0.1, 0.15) is 17.4 Å². The van der Waals surface area contributed by atoms with Crippen molar-refractivity contribution >= 4 is 5.91 Å². The molecule has 0 radical (unpaired) electrons. The number of aliphatic hydroxyl groups excluding tert-OH is 1. The van der Waals surface area contributed by atoms with E-state index >= 15 is 0 Å². The predicted octanol–water partition coefficient (Wildman–Crippen LogP) is 1.36. The molecule has 1 amide bonds. The van der Waals surface area contributed by atoms with E-state index in [-0.39, 0.29) is 0 Å². The molecule has 1 heterocycles. The number of carbonyl (C=O) groups is 1. The van der Waals surface area contributed by atoms with Gasteiger partial charge in [-0.05, 0) is 17.7 Å². The molecule has 0 aliphatic rings. The summed E-state index contributed by atoms with van der Waals surface area (Å²) in [5, 5.41) is 12.5. The van der Waals surface area contributed by atoms with E-state index in [4.69, 9.17) is 0 Å². The zero-order valence-corrected chi connectivity index (χ0v) is 9.26. The average molecular weight is 230 g/mol. The second-order valence-electron chi connectivity index (χ2n) is 3.73. The highest BCUT2D eigenvalue weighted by molar-refractivity contribution is 5.81. The molecule has 88 valence electrons. The van der Waals surface area contributed by atoms with Gasteiger partial charge in [-0.1, -0.05) is 30.3 Å². The summed E-state index contributed by atoms with van der Waals surface area (Å²) >= 11 is 0. The topological polar surface area (TPSA) is 65.1 Å². The molecular weight excluding hydrogens is 216 g/mol. The van der Waals surface area contributed by atoms with Crippen molar-refractivity contribution < 1.29 is 9.90 Å². The summed E-state index contributed by atoms with van der Waals surface area (Å²) in [6.45, 7) is 0.385. The number of aliphatic hydroxyl groups is 1. The molecule has 1 aromatic heterocycles. The third-order valence-electron chi connectivity index (χ3n) is 2.48. The van der Waals surface area contributed by atoms with Crippen LogP contribution >= 0.6 is 0 Å². The highest BCUT2D eigenvalue weighted by Crippen LogP contribution is 2.11. The van der Waals surface area contributed by atoms with Crippen LogP contribution in [0, 0.1) is 0 Å². The maximum atomic E-state index is 11.7. The van der Waals surface area contributed by atoms with Crippen LogP contribution < -0.4 is 5.32 Å². The van der Waals surface area contributed by atoms with Crippen LogP contribution in [-0.2, 0) is 11.3 Å². The van der Waals surface area contributed by atoms with E-state index in [9.17, 15) is 9.90 Å². The molecule has 1 unspecified atom stereocenters. The zero-order valence-electron chi connectivity index (χ0n) is 9.26. The third-order valence-corrected chi connectivity index (χ3v) is 2.48. The molecule has 3 N–H and O–H groups in total. The van der Waals surface area contributed by atoms with Gasteiger partial charge in [0, 0.05) is 11.9 Å². The molecule has 0 saturated carbocycles. The van der Waals surface area contributed by atoms with Crippen molar-refractivity contribution in [3.05, 3.63) is 59.9 Å². The molecule has 2 rings (SSSR count). The van der Waals surface area contributed by atoms with Crippen LogP contribution in [0.5, 0.6) is 0 Å². The number of benzene rings is 1. The molecule has 4 heteroatoms. The van der Waals surface area contributed by atoms with E-state index in [2.05, 4.69) is 10.3 Å². The second-order valence-corrected chi connectivity index (χ2v) is 3.73. The number of aromatic nitrogens is 1. The highest BCUT2D eigenvalue weighted by atomic mass is 16.3. The van der Waals surface area contributed by atoms with Crippen LogP contribution in [0.4, 0.5) is 0 Å². The molecule has 1 atom stereocenters. The predicted molar refractivity (Wildman–Crippen MR) is 64.0 cm³/mol. The maximum absolute atomic E-state index is 11.7. The number of aromatic amines is 1. The first-order valence-electron chi connectivity index (χ1n) is 5.40. The minimum absolute atomic E-state index is 0.385. The lowest BCUT2D eigenvalue weighted by Gasteiger charge is -2.10. The summed E-state index contributed by atoms with van der Waals surface area (Å²) in [6.07, 6.45) is 0.668. The van der Waals surface area contributed by atoms with Crippen LogP contribution in [-0.4, -0.2) is 16.0 Å². The Morgan fingerprint density at radius 3 is 2.65 bits per heavy atom. The van der Waals surface area contributed by atoms with Gasteiger partial charge in [-0.15, -0.1) is 0 Å². The first kappa shape index (κ1) is 11.4. The van der Waals surface area contributed by atoms with Crippen LogP contribution in [0.15, 0.2) is 48.7 Å². The Hall–Kier alpha value is -2.07. The second kappa shape index (κ2) is 5.32. The minimum atomic E-state index is -1.12. The monoisotopic (exact) mass is 230 g/mol. The molecule has 2 aromatic rings. The normalized spacial score (nSPS) is 12.1. The first-order chi connectivity index (χ1) is 8.27. The van der Waals surface area contributed by atoms with E-state index in [0.29, 0.717) is 12.1 Å². The number of H-pyrrole nitrogens is 1. The van der Waals surface area contributed by atoms with Gasteiger partial charge in [0.15, 0.2) is 6.10 Å². The average Bonchev–Trinajstić information content (AvgIpc) is 2.89. The van der Waals surface area contributed by atoms with E-state index in [1.54, 1.807) is 30.5 Å². The summed E-state index contributed by atoms with van der Waals surface area (Å²) in [5.41, 5.74) is 1.50. The number of rotatable bonds is 4. The van der Waals surface area contributed by atoms with Gasteiger partial charge in [-0.3, -0.25) is 4.79 Å². The maximum Gasteiger partial charge on any atom is 0.253 e. The van der Waals surface area contributed by atoms with Crippen molar-refractivity contribution in [3.8, 4) is 0 Å². The van der Waals surface area contributed by atoms with E-state index < -0.39 is 12.0 Å². The van der Waals surface area contributed by atoms with E-state index in [0.717, 1.165) is 5.69 Å². The Morgan fingerprint density at radius 1 is 1.24 bits per heavy atom. The van der Waals surface area contributed by atoms with Crippen LogP contribution in [0.3, 0.4) is 0 Å². The molecule has 1 aromatic carbocycles. The number of nitrogens with one attached hydrogen (secondary N) is 2. The third kappa shape index (κ3) is 2.95. The van der Waals surface area contributed by atoms with E-state index in [1.165, 1.54) is 0 Å². The van der Waals surface area contributed by atoms with E-state index in [1.807, 2.05) is 18.2 Å². The Labute approximate surface area is 99.3 Å². The summed E-state index contributed by atoms with van der Waals surface area (Å²) in [5.74, 6) is -0.397. The van der Waals surface area contributed by atoms with Crippen LogP contribution in [0.2, 0.25) is 0 Å². The fourth-order valence-corrected chi connectivity index (χ4v) is 1.54. The number of amides is 1. The number of hydrogen-bond donors (Lipinski definition) is 3. The minimum Gasteiger partial charge on any atom is -0.378 e. The van der Waals surface area contributed by atoms with Crippen molar-refractivity contribution in [3.63, 3.8) is 0 Å². The smallest absolute Gasteiger partial charge is 0.253 e. The van der Waals surface area contributed by atoms with Gasteiger partial charge in [0.05, 0.1) is 6.54 Å². The summed E-state index contributed by atoms with van der Waals surface area (Å²) < 4.78 is 0. The van der Waals surface area contributed by atoms with Crippen molar-refractivity contribution in [2.45, 2.75) is 12.6 Å². The van der Waals surface area contributed by atoms with Gasteiger partial charge in [0.2, 0.25) is 0 Å². The quantitative estimate of drug-likeness (QED) is 0.742. The molecule has 4 nitrogen and oxygen atoms in total. The Balaban J connectivity index is 1.92. The van der Waals surface area contributed by atoms with Gasteiger partial charge in [-0.25, -0.2) is 0 Å². The van der Waals surface area contributed by atoms with Crippen molar-refractivity contribution in [2.75, 3.05) is 0 Å². The van der Waals surface area contributed by atoms with Gasteiger partial charge in [0.1, 0.15) is 0 Å². The van der Waals surface area contributed by atoms with Crippen LogP contribution in [0.25, 0.3) is 0 Å². The number of hydrogen-bond acceptors (Lipinski definition) is 2. The van der Waals surface area contributed by atoms with Crippen molar-refractivity contribution in [2.24, 2.45) is 0 Å². The molecule has 0 aliphatic heterocycles. The Bertz CT molecular complexity index is 465. The molecule has 0 fully saturated rings. The zero-order chi connectivity index (χ0) is 12.1. The standard InChI is InChI=1S/C13H14N2O2/c16-12(10-5-2-1-3-6-10)13(17)15-9-11-7-4-8-14-11/h1-8,12,14,16H,9H2,(H,15,17). The lowest BCUT2D eigenvalue weighted by atomic mass is 10.1. The van der Waals surface area contributed by atoms with Crippen molar-refractivity contribution in [1.82, 2.24) is 10.3 Å². The highest BCUT2D eigenvalue weighted by Gasteiger charge is 2.16. The summed E-state index contributed by atoms with van der Waals surface area (Å²) in [4.78, 5) is 14.6. The fraction of sp³-hybridized carbons (Fsp3) is 0.154. The van der Waals surface area contributed by atoms with Crippen molar-refractivity contribution in [1.29, 1.82) is 0 Å². The first-order valence-corrected chi connectivity index (χ1v) is 5.40. The lowest BCUT2D eigenvalue weighted by Crippen LogP contribution is -2.28. The molecule has 0 spiro atoms. The SMILES string of the molecule is O=C(NCc1ccc[nH]1)C(O)c1ccccc1. The molecule has 0 saturated heterocycles. The van der Waals surface area contributed by atoms with Gasteiger partial charge < -0.3 is 15.4 Å². The molecule has 0 aliphatic carbocycles. The summed E-state index contributed by atoms with van der Waals surface area (Å²) in [6, 6.07) is 12.6. The number of carbonyl (C=O) groups excluding carboxylic acids is 1. The van der Waals surface area contributed by atoms with Gasteiger partial charge >= 0.3 is 0 Å². The molecule has 0 bridgehead atoms. The summed E-state index contributed by atoms with van der Waals surface area (Å²) in [7, 11) is 0. The lowest BCUT2D eigenvalue weighted by molar-refractivity contribution is -0.129. The Kier molecular flexibility index (Phi) is 3.57. The molecular formula is C13H14N2O2. The molecule has 17 heavy (non-hydrogen) atoms. The Morgan fingerprint density at radius 2 is 2.00 bits per heavy atom. The largest absolute Gasteiger partial charge is 0.378 e. The fourth-order valence-electron chi connectivity index (χ4n) is 1.54. The van der Waals surface area contributed by atoms with Gasteiger partial charge in [-0.2, -0.15) is 0 Å².